The molecule has 3 rings (SSSR count). The quantitative estimate of drug-likeness (QED) is 0.342. The molecule has 24 heavy (non-hydrogen) atoms. The Morgan fingerprint density at radius 3 is 3.04 bits per heavy atom. The fourth-order valence-electron chi connectivity index (χ4n) is 3.22. The van der Waals surface area contributed by atoms with Gasteiger partial charge in [-0.15, -0.1) is 34.2 Å². The van der Waals surface area contributed by atoms with Gasteiger partial charge in [-0.3, -0.25) is 9.39 Å². The van der Waals surface area contributed by atoms with Crippen LogP contribution in [0, 0.1) is 5.92 Å². The van der Waals surface area contributed by atoms with Crippen LogP contribution in [0.1, 0.15) is 32.0 Å². The van der Waals surface area contributed by atoms with E-state index in [0.717, 1.165) is 55.8 Å². The van der Waals surface area contributed by atoms with Gasteiger partial charge in [-0.2, -0.15) is 0 Å². The van der Waals surface area contributed by atoms with E-state index in [1.165, 1.54) is 12.8 Å². The number of piperidine rings is 1. The summed E-state index contributed by atoms with van der Waals surface area (Å²) in [7, 11) is 1.87. The summed E-state index contributed by atoms with van der Waals surface area (Å²) >= 11 is 0. The van der Waals surface area contributed by atoms with E-state index in [1.54, 1.807) is 0 Å². The van der Waals surface area contributed by atoms with Crippen LogP contribution in [-0.4, -0.2) is 52.1 Å². The molecule has 3 heterocycles. The molecule has 1 saturated heterocycles. The number of nitrogens with zero attached hydrogens (tertiary/aromatic N) is 5. The summed E-state index contributed by atoms with van der Waals surface area (Å²) in [6, 6.07) is 5.98. The van der Waals surface area contributed by atoms with Gasteiger partial charge in [0.15, 0.2) is 11.6 Å². The van der Waals surface area contributed by atoms with Crippen molar-refractivity contribution < 1.29 is 0 Å². The molecule has 0 aromatic carbocycles. The third-order valence-electron chi connectivity index (χ3n) is 4.41. The SMILES string of the molecule is CN=C(NCCCc1nnc2ccccn12)N1CCCC(C)C1.I. The largest absolute Gasteiger partial charge is 0.356 e. The van der Waals surface area contributed by atoms with Gasteiger partial charge in [0, 0.05) is 39.3 Å². The van der Waals surface area contributed by atoms with Gasteiger partial charge in [0.1, 0.15) is 5.82 Å². The summed E-state index contributed by atoms with van der Waals surface area (Å²) in [6.45, 7) is 5.43. The van der Waals surface area contributed by atoms with Crippen molar-refractivity contribution in [2.24, 2.45) is 10.9 Å². The van der Waals surface area contributed by atoms with Gasteiger partial charge in [-0.05, 0) is 37.3 Å². The Hall–Kier alpha value is -1.38. The molecule has 1 atom stereocenters. The van der Waals surface area contributed by atoms with Crippen molar-refractivity contribution >= 4 is 35.6 Å². The van der Waals surface area contributed by atoms with Gasteiger partial charge >= 0.3 is 0 Å². The number of aromatic nitrogens is 3. The zero-order valence-corrected chi connectivity index (χ0v) is 16.8. The maximum atomic E-state index is 4.43. The molecular formula is C17H27IN6. The van der Waals surface area contributed by atoms with Gasteiger partial charge in [-0.1, -0.05) is 13.0 Å². The number of nitrogens with one attached hydrogen (secondary N) is 1. The molecule has 1 aliphatic rings. The lowest BCUT2D eigenvalue weighted by molar-refractivity contribution is 0.266. The highest BCUT2D eigenvalue weighted by atomic mass is 127. The number of pyridine rings is 1. The van der Waals surface area contributed by atoms with Gasteiger partial charge < -0.3 is 10.2 Å². The number of hydrogen-bond donors (Lipinski definition) is 1. The summed E-state index contributed by atoms with van der Waals surface area (Å²) in [6.07, 6.45) is 6.52. The second-order valence-electron chi connectivity index (χ2n) is 6.32. The van der Waals surface area contributed by atoms with Crippen molar-refractivity contribution in [1.82, 2.24) is 24.8 Å². The Balaban J connectivity index is 0.00000208. The molecule has 1 fully saturated rings. The number of likely N-dealkylation sites (tertiary alicyclic amines) is 1. The molecule has 0 amide bonds. The monoisotopic (exact) mass is 442 g/mol. The number of aliphatic imine (C=N–C) groups is 1. The number of guanidine groups is 1. The smallest absolute Gasteiger partial charge is 0.193 e. The van der Waals surface area contributed by atoms with Crippen molar-refractivity contribution in [2.45, 2.75) is 32.6 Å². The lowest BCUT2D eigenvalue weighted by atomic mass is 10.0. The standard InChI is InChI=1S/C17H26N6.HI/c1-14-7-6-11-22(13-14)17(18-2)19-10-5-9-16-21-20-15-8-3-4-12-23(15)16;/h3-4,8,12,14H,5-7,9-11,13H2,1-2H3,(H,18,19);1H. The zero-order chi connectivity index (χ0) is 16.1. The van der Waals surface area contributed by atoms with E-state index in [4.69, 9.17) is 0 Å². The molecule has 0 radical (unpaired) electrons. The normalized spacial score (nSPS) is 18.5. The van der Waals surface area contributed by atoms with Crippen molar-refractivity contribution in [2.75, 3.05) is 26.7 Å². The predicted molar refractivity (Wildman–Crippen MR) is 108 cm³/mol. The van der Waals surface area contributed by atoms with Crippen LogP contribution >= 0.6 is 24.0 Å². The van der Waals surface area contributed by atoms with Gasteiger partial charge in [0.2, 0.25) is 0 Å². The maximum absolute atomic E-state index is 4.43. The predicted octanol–water partition coefficient (Wildman–Crippen LogP) is 2.59. The lowest BCUT2D eigenvalue weighted by Crippen LogP contribution is -2.46. The Kier molecular flexibility index (Phi) is 7.26. The topological polar surface area (TPSA) is 57.8 Å². The minimum Gasteiger partial charge on any atom is -0.356 e. The number of aryl methyl sites for hydroxylation is 1. The summed E-state index contributed by atoms with van der Waals surface area (Å²) in [5.74, 6) is 2.80. The Bertz CT molecular complexity index is 668. The van der Waals surface area contributed by atoms with E-state index in [0.29, 0.717) is 0 Å². The van der Waals surface area contributed by atoms with E-state index in [9.17, 15) is 0 Å². The van der Waals surface area contributed by atoms with E-state index in [2.05, 4.69) is 36.7 Å². The first-order chi connectivity index (χ1) is 11.3. The van der Waals surface area contributed by atoms with Gasteiger partial charge in [-0.25, -0.2) is 0 Å². The van der Waals surface area contributed by atoms with Crippen molar-refractivity contribution in [1.29, 1.82) is 0 Å². The number of fused-ring (bicyclic) bond motifs is 1. The average Bonchev–Trinajstić information content (AvgIpc) is 2.98. The average molecular weight is 442 g/mol. The molecule has 0 aliphatic carbocycles. The molecule has 0 bridgehead atoms. The number of rotatable bonds is 4. The van der Waals surface area contributed by atoms with Crippen molar-refractivity contribution in [3.63, 3.8) is 0 Å². The summed E-state index contributed by atoms with van der Waals surface area (Å²) in [5.41, 5.74) is 0.911. The number of hydrogen-bond acceptors (Lipinski definition) is 3. The highest BCUT2D eigenvalue weighted by molar-refractivity contribution is 14.0. The molecule has 0 spiro atoms. The summed E-state index contributed by atoms with van der Waals surface area (Å²) < 4.78 is 2.06. The first-order valence-electron chi connectivity index (χ1n) is 8.52. The Morgan fingerprint density at radius 2 is 2.25 bits per heavy atom. The second kappa shape index (κ2) is 9.19. The van der Waals surface area contributed by atoms with E-state index in [-0.39, 0.29) is 24.0 Å². The van der Waals surface area contributed by atoms with Crippen LogP contribution in [0.4, 0.5) is 0 Å². The first-order valence-corrected chi connectivity index (χ1v) is 8.52. The first kappa shape index (κ1) is 19.0. The molecule has 2 aromatic heterocycles. The second-order valence-corrected chi connectivity index (χ2v) is 6.32. The van der Waals surface area contributed by atoms with E-state index < -0.39 is 0 Å². The Labute approximate surface area is 160 Å². The van der Waals surface area contributed by atoms with E-state index >= 15 is 0 Å². The van der Waals surface area contributed by atoms with Gasteiger partial charge in [0.25, 0.3) is 0 Å². The lowest BCUT2D eigenvalue weighted by Gasteiger charge is -2.33. The Morgan fingerprint density at radius 1 is 1.38 bits per heavy atom. The fraction of sp³-hybridized carbons (Fsp3) is 0.588. The summed E-state index contributed by atoms with van der Waals surface area (Å²) in [4.78, 5) is 6.80. The summed E-state index contributed by atoms with van der Waals surface area (Å²) in [5, 5.41) is 12.0. The molecule has 132 valence electrons. The minimum absolute atomic E-state index is 0. The maximum Gasteiger partial charge on any atom is 0.193 e. The van der Waals surface area contributed by atoms with Crippen LogP contribution in [0.5, 0.6) is 0 Å². The van der Waals surface area contributed by atoms with E-state index in [1.807, 2.05) is 31.4 Å². The number of halogens is 1. The molecular weight excluding hydrogens is 415 g/mol. The molecule has 7 heteroatoms. The van der Waals surface area contributed by atoms with Crippen LogP contribution < -0.4 is 5.32 Å². The third-order valence-corrected chi connectivity index (χ3v) is 4.41. The molecule has 1 unspecified atom stereocenters. The highest BCUT2D eigenvalue weighted by Crippen LogP contribution is 2.15. The van der Waals surface area contributed by atoms with Crippen LogP contribution in [0.15, 0.2) is 29.4 Å². The van der Waals surface area contributed by atoms with Crippen LogP contribution in [0.25, 0.3) is 5.65 Å². The molecule has 1 aliphatic heterocycles. The van der Waals surface area contributed by atoms with Crippen LogP contribution in [-0.2, 0) is 6.42 Å². The molecule has 1 N–H and O–H groups in total. The van der Waals surface area contributed by atoms with Crippen molar-refractivity contribution in [3.8, 4) is 0 Å². The van der Waals surface area contributed by atoms with Crippen molar-refractivity contribution in [3.05, 3.63) is 30.2 Å². The minimum atomic E-state index is 0. The molecule has 0 saturated carbocycles. The molecule has 2 aromatic rings. The zero-order valence-electron chi connectivity index (χ0n) is 14.5. The fourth-order valence-corrected chi connectivity index (χ4v) is 3.22. The third kappa shape index (κ3) is 4.58. The molecule has 6 nitrogen and oxygen atoms in total. The van der Waals surface area contributed by atoms with Gasteiger partial charge in [0.05, 0.1) is 0 Å². The van der Waals surface area contributed by atoms with Crippen LogP contribution in [0.2, 0.25) is 0 Å². The van der Waals surface area contributed by atoms with Crippen LogP contribution in [0.3, 0.4) is 0 Å². The highest BCUT2D eigenvalue weighted by Gasteiger charge is 2.18.